The van der Waals surface area contributed by atoms with Crippen molar-refractivity contribution in [1.82, 2.24) is 10.0 Å². The molecule has 9 nitrogen and oxygen atoms in total. The van der Waals surface area contributed by atoms with E-state index in [0.29, 0.717) is 11.4 Å². The van der Waals surface area contributed by atoms with E-state index in [9.17, 15) is 29.3 Å². The standard InChI is InChI=1S/C20H15Cl2N3O6/c21-15-9-6-13(10-16(15)22)20(29)23(24-18(27)2-1-3-19(24)28)11-17(26)12-4-7-14(8-5-12)25(30)31/h4-10H,1-3,11H2. The van der Waals surface area contributed by atoms with Crippen LogP contribution >= 0.6 is 23.2 Å². The monoisotopic (exact) mass is 463 g/mol. The molecule has 3 amide bonds. The van der Waals surface area contributed by atoms with Crippen molar-refractivity contribution >= 4 is 52.4 Å². The molecule has 1 aliphatic rings. The van der Waals surface area contributed by atoms with E-state index in [1.165, 1.54) is 30.3 Å². The van der Waals surface area contributed by atoms with Gasteiger partial charge in [-0.05, 0) is 36.8 Å². The van der Waals surface area contributed by atoms with Gasteiger partial charge in [-0.15, -0.1) is 0 Å². The first-order chi connectivity index (χ1) is 14.7. The zero-order valence-electron chi connectivity index (χ0n) is 15.9. The normalized spacial score (nSPS) is 13.8. The Morgan fingerprint density at radius 1 is 0.968 bits per heavy atom. The lowest BCUT2D eigenvalue weighted by molar-refractivity contribution is -0.384. The third kappa shape index (κ3) is 4.89. The van der Waals surface area contributed by atoms with Gasteiger partial charge in [0.05, 0.1) is 15.0 Å². The Kier molecular flexibility index (Phi) is 6.67. The molecule has 1 aliphatic heterocycles. The first kappa shape index (κ1) is 22.4. The lowest BCUT2D eigenvalue weighted by Crippen LogP contribution is -2.56. The van der Waals surface area contributed by atoms with Crippen LogP contribution in [-0.2, 0) is 9.59 Å². The summed E-state index contributed by atoms with van der Waals surface area (Å²) in [5.41, 5.74) is -0.104. The van der Waals surface area contributed by atoms with E-state index in [0.717, 1.165) is 17.1 Å². The summed E-state index contributed by atoms with van der Waals surface area (Å²) in [6, 6.07) is 8.79. The molecule has 1 heterocycles. The van der Waals surface area contributed by atoms with Crippen LogP contribution in [0.3, 0.4) is 0 Å². The maximum absolute atomic E-state index is 13.1. The predicted octanol–water partition coefficient (Wildman–Crippen LogP) is 3.68. The molecule has 0 saturated carbocycles. The van der Waals surface area contributed by atoms with Crippen molar-refractivity contribution in [2.45, 2.75) is 19.3 Å². The molecule has 160 valence electrons. The molecular formula is C20H15Cl2N3O6. The highest BCUT2D eigenvalue weighted by atomic mass is 35.5. The Bertz CT molecular complexity index is 1070. The molecule has 0 radical (unpaired) electrons. The second-order valence-electron chi connectivity index (χ2n) is 6.67. The summed E-state index contributed by atoms with van der Waals surface area (Å²) in [7, 11) is 0. The lowest BCUT2D eigenvalue weighted by atomic mass is 10.1. The van der Waals surface area contributed by atoms with Gasteiger partial charge >= 0.3 is 0 Å². The highest BCUT2D eigenvalue weighted by molar-refractivity contribution is 6.42. The number of benzene rings is 2. The largest absolute Gasteiger partial charge is 0.292 e. The molecule has 0 atom stereocenters. The van der Waals surface area contributed by atoms with Gasteiger partial charge in [0, 0.05) is 36.1 Å². The zero-order chi connectivity index (χ0) is 22.7. The van der Waals surface area contributed by atoms with Crippen molar-refractivity contribution in [2.24, 2.45) is 0 Å². The molecule has 0 N–H and O–H groups in total. The molecule has 11 heteroatoms. The topological polar surface area (TPSA) is 118 Å². The summed E-state index contributed by atoms with van der Waals surface area (Å²) in [5, 5.41) is 12.5. The maximum atomic E-state index is 13.1. The van der Waals surface area contributed by atoms with Crippen LogP contribution in [0, 0.1) is 10.1 Å². The van der Waals surface area contributed by atoms with Crippen LogP contribution < -0.4 is 0 Å². The number of non-ortho nitro benzene ring substituents is 1. The van der Waals surface area contributed by atoms with Crippen LogP contribution in [0.25, 0.3) is 0 Å². The number of hydrogen-bond donors (Lipinski definition) is 0. The smallest absolute Gasteiger partial charge is 0.273 e. The van der Waals surface area contributed by atoms with Gasteiger partial charge in [0.2, 0.25) is 11.8 Å². The summed E-state index contributed by atoms with van der Waals surface area (Å²) in [4.78, 5) is 61.0. The second kappa shape index (κ2) is 9.23. The SMILES string of the molecule is O=C(CN(C(=O)c1ccc(Cl)c(Cl)c1)N1C(=O)CCCC1=O)c1ccc([N+](=O)[O-])cc1. The minimum atomic E-state index is -0.794. The Balaban J connectivity index is 1.95. The number of Topliss-reactive ketones (excluding diaryl/α,β-unsaturated/α-hetero) is 1. The van der Waals surface area contributed by atoms with Crippen molar-refractivity contribution in [3.63, 3.8) is 0 Å². The highest BCUT2D eigenvalue weighted by Crippen LogP contribution is 2.25. The summed E-state index contributed by atoms with van der Waals surface area (Å²) < 4.78 is 0. The molecule has 2 aromatic carbocycles. The van der Waals surface area contributed by atoms with Crippen molar-refractivity contribution in [2.75, 3.05) is 6.54 Å². The van der Waals surface area contributed by atoms with Gasteiger partial charge in [-0.3, -0.25) is 29.3 Å². The van der Waals surface area contributed by atoms with E-state index in [-0.39, 0.29) is 39.7 Å². The minimum Gasteiger partial charge on any atom is -0.292 e. The quantitative estimate of drug-likeness (QED) is 0.279. The number of hydrogen-bond acceptors (Lipinski definition) is 6. The zero-order valence-corrected chi connectivity index (χ0v) is 17.4. The Morgan fingerprint density at radius 3 is 2.10 bits per heavy atom. The Hall–Kier alpha value is -3.30. The third-order valence-electron chi connectivity index (χ3n) is 4.59. The van der Waals surface area contributed by atoms with E-state index in [4.69, 9.17) is 23.2 Å². The number of halogens is 2. The summed E-state index contributed by atoms with van der Waals surface area (Å²) in [6.45, 7) is -0.631. The number of nitro benzene ring substituents is 1. The molecule has 0 bridgehead atoms. The summed E-state index contributed by atoms with van der Waals surface area (Å²) in [5.74, 6) is -2.63. The van der Waals surface area contributed by atoms with Gasteiger partial charge in [-0.2, -0.15) is 5.01 Å². The van der Waals surface area contributed by atoms with Crippen molar-refractivity contribution < 1.29 is 24.1 Å². The molecule has 0 spiro atoms. The number of nitrogens with zero attached hydrogens (tertiary/aromatic N) is 3. The van der Waals surface area contributed by atoms with Gasteiger partial charge in [0.1, 0.15) is 6.54 Å². The summed E-state index contributed by atoms with van der Waals surface area (Å²) >= 11 is 11.9. The number of carbonyl (C=O) groups is 4. The second-order valence-corrected chi connectivity index (χ2v) is 7.49. The molecule has 1 fully saturated rings. The molecule has 3 rings (SSSR count). The van der Waals surface area contributed by atoms with Gasteiger partial charge in [-0.1, -0.05) is 23.2 Å². The van der Waals surface area contributed by atoms with E-state index >= 15 is 0 Å². The van der Waals surface area contributed by atoms with Crippen LogP contribution in [0.1, 0.15) is 40.0 Å². The number of ketones is 1. The minimum absolute atomic E-state index is 0.0251. The van der Waals surface area contributed by atoms with Crippen LogP contribution in [0.2, 0.25) is 10.0 Å². The van der Waals surface area contributed by atoms with E-state index < -0.39 is 35.0 Å². The van der Waals surface area contributed by atoms with E-state index in [2.05, 4.69) is 0 Å². The van der Waals surface area contributed by atoms with Crippen LogP contribution in [0.4, 0.5) is 5.69 Å². The first-order valence-corrected chi connectivity index (χ1v) is 9.85. The molecule has 1 saturated heterocycles. The first-order valence-electron chi connectivity index (χ1n) is 9.09. The fraction of sp³-hybridized carbons (Fsp3) is 0.200. The molecule has 2 aromatic rings. The van der Waals surface area contributed by atoms with E-state index in [1.54, 1.807) is 0 Å². The fourth-order valence-corrected chi connectivity index (χ4v) is 3.32. The average molecular weight is 464 g/mol. The van der Waals surface area contributed by atoms with Gasteiger partial charge in [-0.25, -0.2) is 5.01 Å². The number of imide groups is 1. The molecule has 0 aromatic heterocycles. The average Bonchev–Trinajstić information content (AvgIpc) is 2.74. The molecule has 0 aliphatic carbocycles. The number of carbonyl (C=O) groups excluding carboxylic acids is 4. The number of piperidine rings is 1. The number of nitro groups is 1. The Morgan fingerprint density at radius 2 is 1.55 bits per heavy atom. The van der Waals surface area contributed by atoms with Crippen LogP contribution in [0.5, 0.6) is 0 Å². The maximum Gasteiger partial charge on any atom is 0.273 e. The number of rotatable bonds is 6. The van der Waals surface area contributed by atoms with Crippen LogP contribution in [0.15, 0.2) is 42.5 Å². The number of amides is 3. The molecular weight excluding hydrogens is 449 g/mol. The van der Waals surface area contributed by atoms with Crippen molar-refractivity contribution in [1.29, 1.82) is 0 Å². The van der Waals surface area contributed by atoms with Gasteiger partial charge in [0.15, 0.2) is 5.78 Å². The Labute approximate surface area is 186 Å². The molecule has 31 heavy (non-hydrogen) atoms. The molecule has 0 unspecified atom stereocenters. The van der Waals surface area contributed by atoms with E-state index in [1.807, 2.05) is 0 Å². The summed E-state index contributed by atoms with van der Waals surface area (Å²) in [6.07, 6.45) is 0.435. The van der Waals surface area contributed by atoms with Crippen LogP contribution in [-0.4, -0.2) is 45.0 Å². The van der Waals surface area contributed by atoms with Gasteiger partial charge in [0.25, 0.3) is 11.6 Å². The third-order valence-corrected chi connectivity index (χ3v) is 5.33. The van der Waals surface area contributed by atoms with Crippen molar-refractivity contribution in [3.05, 3.63) is 73.8 Å². The van der Waals surface area contributed by atoms with Gasteiger partial charge < -0.3 is 0 Å². The number of hydrazine groups is 1. The lowest BCUT2D eigenvalue weighted by Gasteiger charge is -2.35. The fourth-order valence-electron chi connectivity index (χ4n) is 3.02. The predicted molar refractivity (Wildman–Crippen MR) is 111 cm³/mol. The van der Waals surface area contributed by atoms with Crippen molar-refractivity contribution in [3.8, 4) is 0 Å². The highest BCUT2D eigenvalue weighted by Gasteiger charge is 2.36.